The van der Waals surface area contributed by atoms with Gasteiger partial charge in [-0.3, -0.25) is 9.52 Å². The van der Waals surface area contributed by atoms with E-state index in [0.29, 0.717) is 24.3 Å². The van der Waals surface area contributed by atoms with E-state index in [1.807, 2.05) is 26.1 Å². The summed E-state index contributed by atoms with van der Waals surface area (Å²) in [6.07, 6.45) is 5.62. The van der Waals surface area contributed by atoms with E-state index >= 15 is 0 Å². The van der Waals surface area contributed by atoms with Gasteiger partial charge in [0.1, 0.15) is 5.82 Å². The normalized spacial score (nSPS) is 22.0. The first-order valence-electron chi connectivity index (χ1n) is 12.9. The predicted molar refractivity (Wildman–Crippen MR) is 145 cm³/mol. The van der Waals surface area contributed by atoms with Gasteiger partial charge in [-0.05, 0) is 51.2 Å². The lowest BCUT2D eigenvalue weighted by atomic mass is 9.97. The Balaban J connectivity index is 1.48. The first kappa shape index (κ1) is 26.0. The number of anilines is 2. The minimum atomic E-state index is -3.55. The van der Waals surface area contributed by atoms with Gasteiger partial charge >= 0.3 is 0 Å². The molecular formula is C27H33N7O3S. The van der Waals surface area contributed by atoms with Crippen molar-refractivity contribution < 1.29 is 13.2 Å². The zero-order chi connectivity index (χ0) is 27.2. The maximum Gasteiger partial charge on any atom is 0.256 e. The number of carbonyl (C=O) groups excluding carboxylic acids is 1. The number of benzene rings is 1. The first-order chi connectivity index (χ1) is 18.0. The fraction of sp³-hybridized carbons (Fsp3) is 0.481. The van der Waals surface area contributed by atoms with E-state index in [-0.39, 0.29) is 29.5 Å². The summed E-state index contributed by atoms with van der Waals surface area (Å²) >= 11 is 0. The van der Waals surface area contributed by atoms with Crippen molar-refractivity contribution in [3.63, 3.8) is 0 Å². The third-order valence-electron chi connectivity index (χ3n) is 7.51. The van der Waals surface area contributed by atoms with Gasteiger partial charge in [0.05, 0.1) is 41.2 Å². The molecule has 200 valence electrons. The zero-order valence-electron chi connectivity index (χ0n) is 22.2. The Morgan fingerprint density at radius 2 is 1.97 bits per heavy atom. The Labute approximate surface area is 223 Å². The zero-order valence-corrected chi connectivity index (χ0v) is 23.0. The van der Waals surface area contributed by atoms with Gasteiger partial charge in [0.15, 0.2) is 5.65 Å². The van der Waals surface area contributed by atoms with Crippen LogP contribution in [-0.2, 0) is 10.0 Å². The Morgan fingerprint density at radius 1 is 1.18 bits per heavy atom. The van der Waals surface area contributed by atoms with Crippen molar-refractivity contribution in [1.82, 2.24) is 19.5 Å². The Hall–Kier alpha value is -3.65. The van der Waals surface area contributed by atoms with Gasteiger partial charge < -0.3 is 9.80 Å². The Kier molecular flexibility index (Phi) is 6.77. The molecule has 4 heterocycles. The number of nitrogens with one attached hydrogen (secondary N) is 1. The third-order valence-corrected chi connectivity index (χ3v) is 8.10. The van der Waals surface area contributed by atoms with E-state index in [1.54, 1.807) is 27.6 Å². The second-order valence-corrected chi connectivity index (χ2v) is 12.4. The molecule has 2 fully saturated rings. The van der Waals surface area contributed by atoms with Crippen LogP contribution in [-0.4, -0.2) is 59.7 Å². The summed E-state index contributed by atoms with van der Waals surface area (Å²) in [4.78, 5) is 22.7. The molecule has 38 heavy (non-hydrogen) atoms. The van der Waals surface area contributed by atoms with Gasteiger partial charge in [-0.2, -0.15) is 10.4 Å². The predicted octanol–water partition coefficient (Wildman–Crippen LogP) is 3.68. The number of fused-ring (bicyclic) bond motifs is 1. The van der Waals surface area contributed by atoms with E-state index in [2.05, 4.69) is 22.6 Å². The number of aromatic nitrogens is 3. The molecule has 0 unspecified atom stereocenters. The van der Waals surface area contributed by atoms with Gasteiger partial charge in [0, 0.05) is 37.5 Å². The summed E-state index contributed by atoms with van der Waals surface area (Å²) in [7, 11) is -3.55. The number of amides is 1. The van der Waals surface area contributed by atoms with Crippen molar-refractivity contribution in [3.05, 3.63) is 52.8 Å². The monoisotopic (exact) mass is 535 g/mol. The third kappa shape index (κ3) is 5.05. The van der Waals surface area contributed by atoms with Crippen LogP contribution in [0.15, 0.2) is 30.5 Å². The number of piperidine rings is 1. The summed E-state index contributed by atoms with van der Waals surface area (Å²) in [6.45, 7) is 7.98. The SMILES string of the molecule is Cc1ccc(NS(C)(=O)=O)c(C(=O)N2CCCC[C@H]2c2cc3nc(N4C[C@@H](C#N)[C@@H](C)C4)c(C)cn3n2)c1. The molecule has 1 amide bonds. The van der Waals surface area contributed by atoms with E-state index in [4.69, 9.17) is 10.1 Å². The van der Waals surface area contributed by atoms with Gasteiger partial charge in [-0.15, -0.1) is 0 Å². The summed E-state index contributed by atoms with van der Waals surface area (Å²) in [5.41, 5.74) is 3.91. The van der Waals surface area contributed by atoms with E-state index in [1.165, 1.54) is 0 Å². The first-order valence-corrected chi connectivity index (χ1v) is 14.8. The number of hydrogen-bond acceptors (Lipinski definition) is 7. The van der Waals surface area contributed by atoms with Crippen LogP contribution in [0.5, 0.6) is 0 Å². The summed E-state index contributed by atoms with van der Waals surface area (Å²) in [6, 6.07) is 9.24. The van der Waals surface area contributed by atoms with Crippen molar-refractivity contribution in [1.29, 1.82) is 5.26 Å². The molecule has 1 N–H and O–H groups in total. The van der Waals surface area contributed by atoms with Crippen molar-refractivity contribution in [3.8, 4) is 6.07 Å². The highest BCUT2D eigenvalue weighted by molar-refractivity contribution is 7.92. The lowest BCUT2D eigenvalue weighted by molar-refractivity contribution is 0.0606. The number of carbonyl (C=O) groups is 1. The standard InChI is InChI=1S/C27H33N7O3S/c1-17-8-9-22(31-38(4,36)37)21(11-17)27(35)33-10-6-5-7-24(33)23-12-25-29-26(19(3)15-34(25)30-23)32-14-18(2)20(13-28)16-32/h8-9,11-12,15,18,20,24,31H,5-7,10,14,16H2,1-4H3/t18-,20+,24-/m0/s1. The fourth-order valence-corrected chi connectivity index (χ4v) is 6.15. The van der Waals surface area contributed by atoms with Crippen LogP contribution < -0.4 is 9.62 Å². The molecule has 2 aromatic heterocycles. The van der Waals surface area contributed by atoms with Crippen LogP contribution in [0.25, 0.3) is 5.65 Å². The second kappa shape index (κ2) is 9.91. The largest absolute Gasteiger partial charge is 0.355 e. The highest BCUT2D eigenvalue weighted by atomic mass is 32.2. The summed E-state index contributed by atoms with van der Waals surface area (Å²) in [5.74, 6) is 0.906. The molecule has 0 radical (unpaired) electrons. The molecule has 2 aliphatic rings. The molecule has 5 rings (SSSR count). The van der Waals surface area contributed by atoms with E-state index in [9.17, 15) is 18.5 Å². The Bertz CT molecular complexity index is 1540. The molecule has 11 heteroatoms. The molecule has 3 atom stereocenters. The van der Waals surface area contributed by atoms with Gasteiger partial charge in [-0.1, -0.05) is 18.6 Å². The molecule has 0 bridgehead atoms. The van der Waals surface area contributed by atoms with Crippen LogP contribution in [0.1, 0.15) is 59.4 Å². The molecule has 2 aliphatic heterocycles. The molecule has 0 saturated carbocycles. The highest BCUT2D eigenvalue weighted by Crippen LogP contribution is 2.34. The van der Waals surface area contributed by atoms with Crippen molar-refractivity contribution >= 4 is 33.1 Å². The number of rotatable bonds is 5. The summed E-state index contributed by atoms with van der Waals surface area (Å²) < 4.78 is 28.2. The van der Waals surface area contributed by atoms with Crippen LogP contribution in [0.4, 0.5) is 11.5 Å². The van der Waals surface area contributed by atoms with Gasteiger partial charge in [0.2, 0.25) is 10.0 Å². The van der Waals surface area contributed by atoms with Gasteiger partial charge in [0.25, 0.3) is 5.91 Å². The lowest BCUT2D eigenvalue weighted by Crippen LogP contribution is -2.39. The Morgan fingerprint density at radius 3 is 2.68 bits per heavy atom. The topological polar surface area (TPSA) is 124 Å². The second-order valence-electron chi connectivity index (χ2n) is 10.7. The fourth-order valence-electron chi connectivity index (χ4n) is 5.57. The molecule has 3 aromatic rings. The van der Waals surface area contributed by atoms with Crippen LogP contribution in [0.2, 0.25) is 0 Å². The van der Waals surface area contributed by atoms with Crippen LogP contribution >= 0.6 is 0 Å². The minimum Gasteiger partial charge on any atom is -0.355 e. The average Bonchev–Trinajstić information content (AvgIpc) is 3.45. The van der Waals surface area contributed by atoms with Crippen LogP contribution in [0.3, 0.4) is 0 Å². The molecule has 10 nitrogen and oxygen atoms in total. The highest BCUT2D eigenvalue weighted by Gasteiger charge is 2.33. The van der Waals surface area contributed by atoms with Crippen LogP contribution in [0, 0.1) is 37.0 Å². The average molecular weight is 536 g/mol. The quantitative estimate of drug-likeness (QED) is 0.528. The number of nitrogens with zero attached hydrogens (tertiary/aromatic N) is 6. The number of likely N-dealkylation sites (tertiary alicyclic amines) is 1. The molecular weight excluding hydrogens is 502 g/mol. The molecule has 1 aromatic carbocycles. The minimum absolute atomic E-state index is 0.0154. The maximum absolute atomic E-state index is 13.8. The maximum atomic E-state index is 13.8. The molecule has 0 spiro atoms. The van der Waals surface area contributed by atoms with Crippen molar-refractivity contribution in [2.75, 3.05) is 35.5 Å². The van der Waals surface area contributed by atoms with Crippen molar-refractivity contribution in [2.24, 2.45) is 11.8 Å². The van der Waals surface area contributed by atoms with Crippen molar-refractivity contribution in [2.45, 2.75) is 46.1 Å². The van der Waals surface area contributed by atoms with E-state index < -0.39 is 10.0 Å². The lowest BCUT2D eigenvalue weighted by Gasteiger charge is -2.35. The number of sulfonamides is 1. The van der Waals surface area contributed by atoms with E-state index in [0.717, 1.165) is 54.7 Å². The van der Waals surface area contributed by atoms with Gasteiger partial charge in [-0.25, -0.2) is 17.9 Å². The smallest absolute Gasteiger partial charge is 0.256 e. The number of hydrogen-bond donors (Lipinski definition) is 1. The summed E-state index contributed by atoms with van der Waals surface area (Å²) in [5, 5.41) is 14.3. The molecule has 2 saturated heterocycles. The number of aryl methyl sites for hydroxylation is 2. The molecule has 0 aliphatic carbocycles. The number of nitriles is 1.